The number of fused-ring (bicyclic) bond motifs is 3. The van der Waals surface area contributed by atoms with Gasteiger partial charge in [-0.05, 0) is 79.1 Å². The highest BCUT2D eigenvalue weighted by Crippen LogP contribution is 2.41. The molecule has 2 heterocycles. The van der Waals surface area contributed by atoms with Crippen LogP contribution in [0.2, 0.25) is 0 Å². The first-order valence-electron chi connectivity index (χ1n) is 12.2. The lowest BCUT2D eigenvalue weighted by molar-refractivity contribution is -0.429. The Morgan fingerprint density at radius 1 is 0.844 bits per heavy atom. The molecule has 0 saturated heterocycles. The first-order chi connectivity index (χ1) is 15.7. The van der Waals surface area contributed by atoms with Gasteiger partial charge >= 0.3 is 0 Å². The molecule has 2 aliphatic carbocycles. The highest BCUT2D eigenvalue weighted by molar-refractivity contribution is 5.94. The van der Waals surface area contributed by atoms with E-state index in [1.807, 2.05) is 14.1 Å². The van der Waals surface area contributed by atoms with Crippen molar-refractivity contribution in [3.63, 3.8) is 0 Å². The number of allylic oxidation sites excluding steroid dienone is 4. The highest BCUT2D eigenvalue weighted by Gasteiger charge is 2.33. The molecule has 2 aliphatic heterocycles. The summed E-state index contributed by atoms with van der Waals surface area (Å²) in [6.07, 6.45) is 12.3. The highest BCUT2D eigenvalue weighted by atomic mass is 15.2. The third-order valence-electron chi connectivity index (χ3n) is 7.86. The quantitative estimate of drug-likeness (QED) is 0.638. The van der Waals surface area contributed by atoms with E-state index >= 15 is 0 Å². The zero-order valence-electron chi connectivity index (χ0n) is 19.2. The van der Waals surface area contributed by atoms with Crippen LogP contribution in [0.1, 0.15) is 36.8 Å². The summed E-state index contributed by atoms with van der Waals surface area (Å²) in [5.74, 6) is 0.727. The minimum atomic E-state index is 0.727. The number of hydrogen-bond donors (Lipinski definition) is 2. The molecule has 4 heteroatoms. The van der Waals surface area contributed by atoms with Gasteiger partial charge in [0.25, 0.3) is 0 Å². The Hall–Kier alpha value is -3.01. The fourth-order valence-electron chi connectivity index (χ4n) is 6.07. The van der Waals surface area contributed by atoms with E-state index in [-0.39, 0.29) is 0 Å². The Morgan fingerprint density at radius 3 is 2.47 bits per heavy atom. The van der Waals surface area contributed by atoms with Crippen molar-refractivity contribution < 1.29 is 4.58 Å². The molecule has 2 aromatic rings. The second-order valence-corrected chi connectivity index (χ2v) is 9.54. The molecule has 0 saturated carbocycles. The van der Waals surface area contributed by atoms with Gasteiger partial charge in [-0.1, -0.05) is 0 Å². The van der Waals surface area contributed by atoms with Crippen LogP contribution in [0.25, 0.3) is 0 Å². The van der Waals surface area contributed by atoms with Gasteiger partial charge in [0.1, 0.15) is 0 Å². The van der Waals surface area contributed by atoms with Crippen molar-refractivity contribution in [2.75, 3.05) is 42.7 Å². The van der Waals surface area contributed by atoms with E-state index in [4.69, 9.17) is 0 Å². The minimum absolute atomic E-state index is 0.727. The molecule has 0 aromatic heterocycles. The molecule has 4 aliphatic rings. The Bertz CT molecular complexity index is 1170. The van der Waals surface area contributed by atoms with Crippen molar-refractivity contribution in [2.45, 2.75) is 38.5 Å². The standard InChI is InChI=1S/C28H33N4/c1-29-23-5-9-27-20(15-23)11-13-31(27)25-7-3-19-4-8-26(18-22(19)17-25)32-14-12-21-16-24(30-2)6-10-28(21)32/h5-6,9-10,15-19,29-30H,3-4,7-8,11-14H2,1-2H3/q+1. The second kappa shape index (κ2) is 7.84. The van der Waals surface area contributed by atoms with Crippen molar-refractivity contribution in [2.24, 2.45) is 5.92 Å². The van der Waals surface area contributed by atoms with Crippen molar-refractivity contribution in [1.29, 1.82) is 0 Å². The first-order valence-corrected chi connectivity index (χ1v) is 12.2. The van der Waals surface area contributed by atoms with Gasteiger partial charge in [0.2, 0.25) is 5.69 Å². The lowest BCUT2D eigenvalue weighted by Gasteiger charge is -2.32. The molecule has 32 heavy (non-hydrogen) atoms. The molecular weight excluding hydrogens is 392 g/mol. The normalized spacial score (nSPS) is 23.8. The van der Waals surface area contributed by atoms with Crippen LogP contribution in [-0.2, 0) is 12.8 Å². The zero-order valence-corrected chi connectivity index (χ0v) is 19.2. The van der Waals surface area contributed by atoms with E-state index in [9.17, 15) is 0 Å². The van der Waals surface area contributed by atoms with Crippen LogP contribution in [-0.4, -0.2) is 37.5 Å². The topological polar surface area (TPSA) is 30.3 Å². The Labute approximate surface area is 191 Å². The fourth-order valence-corrected chi connectivity index (χ4v) is 6.07. The number of nitrogens with zero attached hydrogens (tertiary/aromatic N) is 2. The van der Waals surface area contributed by atoms with Crippen molar-refractivity contribution in [3.05, 3.63) is 70.9 Å². The maximum Gasteiger partial charge on any atom is 0.209 e. The Balaban J connectivity index is 1.33. The van der Waals surface area contributed by atoms with E-state index in [1.165, 1.54) is 71.0 Å². The number of benzene rings is 2. The van der Waals surface area contributed by atoms with Gasteiger partial charge in [-0.2, -0.15) is 4.58 Å². The fraction of sp³-hybridized carbons (Fsp3) is 0.393. The third-order valence-corrected chi connectivity index (χ3v) is 7.86. The van der Waals surface area contributed by atoms with Gasteiger partial charge in [0.05, 0.1) is 0 Å². The average Bonchev–Trinajstić information content (AvgIpc) is 3.46. The SMILES string of the molecule is CNc1ccc2c(c1)CCN2C1=CC2=CC(=[N+]3CCc4cc(NC)ccc43)CCC2CC1. The van der Waals surface area contributed by atoms with Gasteiger partial charge in [-0.15, -0.1) is 0 Å². The predicted octanol–water partition coefficient (Wildman–Crippen LogP) is 5.49. The average molecular weight is 426 g/mol. The zero-order chi connectivity index (χ0) is 21.7. The van der Waals surface area contributed by atoms with Gasteiger partial charge in [-0.3, -0.25) is 0 Å². The van der Waals surface area contributed by atoms with E-state index in [1.54, 1.807) is 5.57 Å². The monoisotopic (exact) mass is 425 g/mol. The van der Waals surface area contributed by atoms with Crippen molar-refractivity contribution >= 4 is 28.5 Å². The summed E-state index contributed by atoms with van der Waals surface area (Å²) in [7, 11) is 4.00. The molecule has 0 fully saturated rings. The third kappa shape index (κ3) is 3.24. The summed E-state index contributed by atoms with van der Waals surface area (Å²) in [5, 5.41) is 6.56. The summed E-state index contributed by atoms with van der Waals surface area (Å²) in [6.45, 7) is 2.21. The Morgan fingerprint density at radius 2 is 1.62 bits per heavy atom. The van der Waals surface area contributed by atoms with Crippen LogP contribution in [0.3, 0.4) is 0 Å². The molecule has 1 atom stereocenters. The summed E-state index contributed by atoms with van der Waals surface area (Å²) < 4.78 is 2.57. The number of rotatable bonds is 3. The lowest BCUT2D eigenvalue weighted by atomic mass is 9.79. The summed E-state index contributed by atoms with van der Waals surface area (Å²) in [6, 6.07) is 13.6. The van der Waals surface area contributed by atoms with Gasteiger partial charge in [0, 0.05) is 73.9 Å². The molecule has 0 bridgehead atoms. The summed E-state index contributed by atoms with van der Waals surface area (Å²) >= 11 is 0. The molecule has 2 aromatic carbocycles. The van der Waals surface area contributed by atoms with Crippen molar-refractivity contribution in [1.82, 2.24) is 0 Å². The van der Waals surface area contributed by atoms with E-state index in [0.717, 1.165) is 31.8 Å². The predicted molar refractivity (Wildman–Crippen MR) is 135 cm³/mol. The van der Waals surface area contributed by atoms with Crippen LogP contribution in [0.15, 0.2) is 59.8 Å². The summed E-state index contributed by atoms with van der Waals surface area (Å²) in [5.41, 5.74) is 12.7. The maximum atomic E-state index is 3.28. The van der Waals surface area contributed by atoms with E-state index in [2.05, 4.69) is 68.7 Å². The first kappa shape index (κ1) is 19.7. The molecular formula is C28H33N4+. The van der Waals surface area contributed by atoms with Crippen LogP contribution in [0, 0.1) is 5.92 Å². The van der Waals surface area contributed by atoms with Crippen LogP contribution in [0.4, 0.5) is 22.7 Å². The molecule has 164 valence electrons. The van der Waals surface area contributed by atoms with Gasteiger partial charge < -0.3 is 15.5 Å². The molecule has 0 spiro atoms. The smallest absolute Gasteiger partial charge is 0.209 e. The molecule has 4 nitrogen and oxygen atoms in total. The number of hydrogen-bond acceptors (Lipinski definition) is 3. The lowest BCUT2D eigenvalue weighted by Crippen LogP contribution is -2.27. The summed E-state index contributed by atoms with van der Waals surface area (Å²) in [4.78, 5) is 2.57. The van der Waals surface area contributed by atoms with E-state index in [0.29, 0.717) is 0 Å². The molecule has 1 unspecified atom stereocenters. The van der Waals surface area contributed by atoms with Crippen LogP contribution >= 0.6 is 0 Å². The maximum absolute atomic E-state index is 3.28. The second-order valence-electron chi connectivity index (χ2n) is 9.54. The van der Waals surface area contributed by atoms with Gasteiger partial charge in [-0.25, -0.2) is 0 Å². The number of anilines is 3. The van der Waals surface area contributed by atoms with Gasteiger partial charge in [0.15, 0.2) is 12.3 Å². The molecule has 0 amide bonds. The van der Waals surface area contributed by atoms with Crippen LogP contribution < -0.4 is 15.5 Å². The molecule has 0 radical (unpaired) electrons. The molecule has 6 rings (SSSR count). The Kier molecular flexibility index (Phi) is 4.82. The molecule has 2 N–H and O–H groups in total. The largest absolute Gasteiger partial charge is 0.388 e. The van der Waals surface area contributed by atoms with Crippen molar-refractivity contribution in [3.8, 4) is 0 Å². The van der Waals surface area contributed by atoms with Crippen LogP contribution in [0.5, 0.6) is 0 Å². The minimum Gasteiger partial charge on any atom is -0.388 e. The van der Waals surface area contributed by atoms with E-state index < -0.39 is 0 Å². The number of nitrogens with one attached hydrogen (secondary N) is 2.